The predicted octanol–water partition coefficient (Wildman–Crippen LogP) is 4.19. The topological polar surface area (TPSA) is 69.2 Å². The lowest BCUT2D eigenvalue weighted by Crippen LogP contribution is -2.16. The van der Waals surface area contributed by atoms with Crippen molar-refractivity contribution in [3.63, 3.8) is 0 Å². The van der Waals surface area contributed by atoms with E-state index in [-0.39, 0.29) is 11.6 Å². The van der Waals surface area contributed by atoms with Crippen molar-refractivity contribution in [3.8, 4) is 0 Å². The van der Waals surface area contributed by atoms with Gasteiger partial charge in [0.15, 0.2) is 0 Å². The second-order valence-corrected chi connectivity index (χ2v) is 5.51. The summed E-state index contributed by atoms with van der Waals surface area (Å²) in [7, 11) is 0. The smallest absolute Gasteiger partial charge is 0.269 e. The van der Waals surface area contributed by atoms with Crippen LogP contribution in [0.15, 0.2) is 42.5 Å². The third-order valence-electron chi connectivity index (χ3n) is 3.32. The Kier molecular flexibility index (Phi) is 5.17. The van der Waals surface area contributed by atoms with Crippen molar-refractivity contribution in [2.24, 2.45) is 5.73 Å². The van der Waals surface area contributed by atoms with Crippen molar-refractivity contribution in [1.82, 2.24) is 0 Å². The van der Waals surface area contributed by atoms with Crippen LogP contribution < -0.4 is 5.73 Å². The lowest BCUT2D eigenvalue weighted by atomic mass is 9.92. The Morgan fingerprint density at radius 1 is 1.10 bits per heavy atom. The third-order valence-corrected chi connectivity index (χ3v) is 3.98. The summed E-state index contributed by atoms with van der Waals surface area (Å²) >= 11 is 12.4. The van der Waals surface area contributed by atoms with E-state index in [4.69, 9.17) is 28.9 Å². The summed E-state index contributed by atoms with van der Waals surface area (Å²) < 4.78 is 0. The number of nitro groups is 1. The van der Waals surface area contributed by atoms with Crippen LogP contribution in [0.1, 0.15) is 17.0 Å². The van der Waals surface area contributed by atoms with E-state index in [0.717, 1.165) is 11.1 Å². The second-order valence-electron chi connectivity index (χ2n) is 4.70. The largest absolute Gasteiger partial charge is 0.330 e. The van der Waals surface area contributed by atoms with E-state index in [1.165, 1.54) is 12.1 Å². The lowest BCUT2D eigenvalue weighted by molar-refractivity contribution is -0.384. The molecule has 0 radical (unpaired) electrons. The summed E-state index contributed by atoms with van der Waals surface area (Å²) in [4.78, 5) is 10.2. The summed E-state index contributed by atoms with van der Waals surface area (Å²) in [6.07, 6.45) is 0.623. The van der Waals surface area contributed by atoms with Crippen molar-refractivity contribution < 1.29 is 4.92 Å². The molecule has 0 saturated carbocycles. The zero-order chi connectivity index (χ0) is 15.4. The van der Waals surface area contributed by atoms with Crippen LogP contribution in [0.4, 0.5) is 5.69 Å². The van der Waals surface area contributed by atoms with Crippen LogP contribution in [0.2, 0.25) is 10.0 Å². The Balaban J connectivity index is 2.25. The molecule has 0 saturated heterocycles. The number of halogens is 2. The highest BCUT2D eigenvalue weighted by Gasteiger charge is 2.17. The Hall–Kier alpha value is -1.62. The van der Waals surface area contributed by atoms with Gasteiger partial charge >= 0.3 is 0 Å². The monoisotopic (exact) mass is 324 g/mol. The van der Waals surface area contributed by atoms with Crippen LogP contribution in [0.5, 0.6) is 0 Å². The van der Waals surface area contributed by atoms with E-state index < -0.39 is 4.92 Å². The molecule has 0 fully saturated rings. The average Bonchev–Trinajstić information content (AvgIpc) is 2.46. The second kappa shape index (κ2) is 6.89. The van der Waals surface area contributed by atoms with Gasteiger partial charge in [0.1, 0.15) is 0 Å². The van der Waals surface area contributed by atoms with Gasteiger partial charge in [0.25, 0.3) is 5.69 Å². The molecule has 0 aromatic heterocycles. The van der Waals surface area contributed by atoms with Gasteiger partial charge in [-0.05, 0) is 36.2 Å². The third kappa shape index (κ3) is 3.73. The molecule has 0 spiro atoms. The van der Waals surface area contributed by atoms with Crippen LogP contribution in [-0.4, -0.2) is 11.5 Å². The van der Waals surface area contributed by atoms with E-state index in [1.54, 1.807) is 30.3 Å². The molecule has 0 amide bonds. The molecule has 6 heteroatoms. The first-order chi connectivity index (χ1) is 10.0. The van der Waals surface area contributed by atoms with Gasteiger partial charge in [-0.2, -0.15) is 0 Å². The molecule has 0 aliphatic carbocycles. The van der Waals surface area contributed by atoms with Gasteiger partial charge in [-0.25, -0.2) is 0 Å². The number of non-ortho nitro benzene ring substituents is 1. The number of nitrogens with two attached hydrogens (primary N) is 1. The molecule has 0 bridgehead atoms. The molecule has 21 heavy (non-hydrogen) atoms. The highest BCUT2D eigenvalue weighted by atomic mass is 35.5. The van der Waals surface area contributed by atoms with Gasteiger partial charge in [0.2, 0.25) is 0 Å². The van der Waals surface area contributed by atoms with Crippen LogP contribution in [0.3, 0.4) is 0 Å². The van der Waals surface area contributed by atoms with Crippen LogP contribution >= 0.6 is 23.2 Å². The molecular weight excluding hydrogens is 311 g/mol. The number of nitrogens with zero attached hydrogens (tertiary/aromatic N) is 1. The Morgan fingerprint density at radius 3 is 2.14 bits per heavy atom. The first-order valence-corrected chi connectivity index (χ1v) is 7.16. The molecule has 4 nitrogen and oxygen atoms in total. The van der Waals surface area contributed by atoms with Crippen molar-refractivity contribution in [1.29, 1.82) is 0 Å². The molecule has 2 rings (SSSR count). The molecule has 1 unspecified atom stereocenters. The molecular formula is C15H14Cl2N2O2. The molecule has 0 aliphatic rings. The summed E-state index contributed by atoms with van der Waals surface area (Å²) in [5, 5.41) is 11.8. The minimum Gasteiger partial charge on any atom is -0.330 e. The molecule has 110 valence electrons. The number of hydrogen-bond donors (Lipinski definition) is 1. The first-order valence-electron chi connectivity index (χ1n) is 6.40. The predicted molar refractivity (Wildman–Crippen MR) is 85.1 cm³/mol. The fraction of sp³-hybridized carbons (Fsp3) is 0.200. The number of hydrogen-bond acceptors (Lipinski definition) is 3. The number of rotatable bonds is 5. The minimum absolute atomic E-state index is 0.0346. The van der Waals surface area contributed by atoms with E-state index in [2.05, 4.69) is 0 Å². The van der Waals surface area contributed by atoms with Crippen molar-refractivity contribution in [2.75, 3.05) is 6.54 Å². The lowest BCUT2D eigenvalue weighted by Gasteiger charge is -2.18. The van der Waals surface area contributed by atoms with Crippen LogP contribution in [-0.2, 0) is 6.42 Å². The summed E-state index contributed by atoms with van der Waals surface area (Å²) in [6.45, 7) is 0.389. The summed E-state index contributed by atoms with van der Waals surface area (Å²) in [6, 6.07) is 11.8. The fourth-order valence-electron chi connectivity index (χ4n) is 2.24. The van der Waals surface area contributed by atoms with Crippen LogP contribution in [0, 0.1) is 10.1 Å². The molecule has 2 N–H and O–H groups in total. The quantitative estimate of drug-likeness (QED) is 0.662. The van der Waals surface area contributed by atoms with Gasteiger partial charge in [0.05, 0.1) is 4.92 Å². The number of nitro benzene ring substituents is 1. The van der Waals surface area contributed by atoms with Gasteiger partial charge in [-0.1, -0.05) is 41.4 Å². The summed E-state index contributed by atoms with van der Waals surface area (Å²) in [5.41, 5.74) is 7.68. The highest BCUT2D eigenvalue weighted by molar-refractivity contribution is 6.36. The Labute approximate surface area is 132 Å². The van der Waals surface area contributed by atoms with Crippen molar-refractivity contribution in [3.05, 3.63) is 73.8 Å². The maximum atomic E-state index is 10.7. The maximum Gasteiger partial charge on any atom is 0.269 e. The SMILES string of the molecule is NCC(Cc1ccc([N+](=O)[O-])cc1)c1c(Cl)cccc1Cl. The molecule has 2 aromatic carbocycles. The highest BCUT2D eigenvalue weighted by Crippen LogP contribution is 2.33. The van der Waals surface area contributed by atoms with Crippen molar-refractivity contribution in [2.45, 2.75) is 12.3 Å². The molecule has 0 heterocycles. The summed E-state index contributed by atoms with van der Waals surface area (Å²) in [5.74, 6) is -0.0346. The standard InChI is InChI=1S/C15H14Cl2N2O2/c16-13-2-1-3-14(17)15(13)11(9-18)8-10-4-6-12(7-5-10)19(20)21/h1-7,11H,8-9,18H2. The van der Waals surface area contributed by atoms with Gasteiger partial charge in [0, 0.05) is 28.1 Å². The first kappa shape index (κ1) is 15.8. The van der Waals surface area contributed by atoms with Crippen LogP contribution in [0.25, 0.3) is 0 Å². The molecule has 1 atom stereocenters. The van der Waals surface area contributed by atoms with E-state index in [9.17, 15) is 10.1 Å². The van der Waals surface area contributed by atoms with E-state index in [1.807, 2.05) is 0 Å². The Morgan fingerprint density at radius 2 is 1.67 bits per heavy atom. The minimum atomic E-state index is -0.422. The van der Waals surface area contributed by atoms with Gasteiger partial charge < -0.3 is 5.73 Å². The Bertz CT molecular complexity index is 624. The van der Waals surface area contributed by atoms with E-state index in [0.29, 0.717) is 23.0 Å². The molecule has 2 aromatic rings. The fourth-order valence-corrected chi connectivity index (χ4v) is 2.95. The number of benzene rings is 2. The van der Waals surface area contributed by atoms with E-state index >= 15 is 0 Å². The zero-order valence-corrected chi connectivity index (χ0v) is 12.6. The van der Waals surface area contributed by atoms with Gasteiger partial charge in [-0.3, -0.25) is 10.1 Å². The zero-order valence-electron chi connectivity index (χ0n) is 11.1. The van der Waals surface area contributed by atoms with Gasteiger partial charge in [-0.15, -0.1) is 0 Å². The van der Waals surface area contributed by atoms with Crippen molar-refractivity contribution >= 4 is 28.9 Å². The maximum absolute atomic E-state index is 10.7. The molecule has 0 aliphatic heterocycles. The average molecular weight is 325 g/mol. The normalized spacial score (nSPS) is 12.1.